The fourth-order valence-corrected chi connectivity index (χ4v) is 2.13. The summed E-state index contributed by atoms with van der Waals surface area (Å²) < 4.78 is 4.56. The van der Waals surface area contributed by atoms with Gasteiger partial charge in [-0.1, -0.05) is 0 Å². The van der Waals surface area contributed by atoms with Crippen LogP contribution in [-0.2, 0) is 9.53 Å². The molecule has 5 nitrogen and oxygen atoms in total. The van der Waals surface area contributed by atoms with Crippen molar-refractivity contribution in [2.24, 2.45) is 0 Å². The van der Waals surface area contributed by atoms with Gasteiger partial charge in [0.25, 0.3) is 5.91 Å². The number of pyridine rings is 1. The van der Waals surface area contributed by atoms with E-state index >= 15 is 0 Å². The van der Waals surface area contributed by atoms with Gasteiger partial charge in [-0.25, -0.2) is 4.98 Å². The molecule has 0 saturated heterocycles. The lowest BCUT2D eigenvalue weighted by Crippen LogP contribution is -2.28. The smallest absolute Gasteiger partial charge is 0.305 e. The number of carbonyl (C=O) groups excluding carboxylic acids is 2. The second kappa shape index (κ2) is 7.78. The van der Waals surface area contributed by atoms with Crippen LogP contribution in [0.1, 0.15) is 23.2 Å². The maximum absolute atomic E-state index is 12.2. The molecule has 0 aliphatic rings. The van der Waals surface area contributed by atoms with Gasteiger partial charge in [0.2, 0.25) is 0 Å². The van der Waals surface area contributed by atoms with Gasteiger partial charge in [0.1, 0.15) is 5.03 Å². The van der Waals surface area contributed by atoms with Crippen molar-refractivity contribution in [3.63, 3.8) is 0 Å². The lowest BCUT2D eigenvalue weighted by Gasteiger charge is -2.17. The third-order valence-electron chi connectivity index (χ3n) is 2.64. The predicted octanol–water partition coefficient (Wildman–Crippen LogP) is 1.83. The molecule has 104 valence electrons. The molecular formula is C13H18N2O3S. The van der Waals surface area contributed by atoms with Crippen molar-refractivity contribution < 1.29 is 14.3 Å². The normalized spacial score (nSPS) is 10.1. The van der Waals surface area contributed by atoms with Crippen molar-refractivity contribution in [3.8, 4) is 0 Å². The monoisotopic (exact) mass is 282 g/mol. The molecule has 0 aliphatic carbocycles. The van der Waals surface area contributed by atoms with Crippen LogP contribution in [0.4, 0.5) is 0 Å². The van der Waals surface area contributed by atoms with Crippen LogP contribution in [0.2, 0.25) is 0 Å². The molecule has 0 N–H and O–H groups in total. The summed E-state index contributed by atoms with van der Waals surface area (Å²) >= 11 is 1.44. The number of carbonyl (C=O) groups is 2. The van der Waals surface area contributed by atoms with Gasteiger partial charge in [-0.15, -0.1) is 11.8 Å². The molecule has 0 saturated carbocycles. The van der Waals surface area contributed by atoms with Crippen molar-refractivity contribution >= 4 is 23.6 Å². The first kappa shape index (κ1) is 15.5. The van der Waals surface area contributed by atoms with Gasteiger partial charge in [-0.05, 0) is 24.8 Å². The lowest BCUT2D eigenvalue weighted by molar-refractivity contribution is -0.140. The zero-order chi connectivity index (χ0) is 14.3. The molecule has 0 bridgehead atoms. The van der Waals surface area contributed by atoms with Crippen LogP contribution in [0.15, 0.2) is 23.4 Å². The second-order valence-corrected chi connectivity index (χ2v) is 4.76. The summed E-state index contributed by atoms with van der Waals surface area (Å²) in [7, 11) is 3.08. The van der Waals surface area contributed by atoms with Crippen molar-refractivity contribution in [3.05, 3.63) is 23.9 Å². The van der Waals surface area contributed by atoms with Crippen molar-refractivity contribution in [2.45, 2.75) is 17.9 Å². The SMILES string of the molecule is COC(=O)CCCN(C)C(=O)c1cccnc1SC. The number of thioether (sulfide) groups is 1. The number of hydrogen-bond acceptors (Lipinski definition) is 5. The average Bonchev–Trinajstić information content (AvgIpc) is 2.45. The average molecular weight is 282 g/mol. The summed E-state index contributed by atoms with van der Waals surface area (Å²) in [5.41, 5.74) is 0.593. The lowest BCUT2D eigenvalue weighted by atomic mass is 10.2. The van der Waals surface area contributed by atoms with Crippen LogP contribution in [0.25, 0.3) is 0 Å². The second-order valence-electron chi connectivity index (χ2n) is 3.97. The van der Waals surface area contributed by atoms with E-state index in [2.05, 4.69) is 9.72 Å². The number of hydrogen-bond donors (Lipinski definition) is 0. The Bertz CT molecular complexity index is 451. The first-order valence-electron chi connectivity index (χ1n) is 5.91. The topological polar surface area (TPSA) is 59.5 Å². The quantitative estimate of drug-likeness (QED) is 0.588. The summed E-state index contributed by atoms with van der Waals surface area (Å²) in [6, 6.07) is 3.51. The molecular weight excluding hydrogens is 264 g/mol. The van der Waals surface area contributed by atoms with E-state index in [-0.39, 0.29) is 11.9 Å². The number of methoxy groups -OCH3 is 1. The van der Waals surface area contributed by atoms with Gasteiger partial charge in [0.15, 0.2) is 0 Å². The Morgan fingerprint density at radius 1 is 1.47 bits per heavy atom. The van der Waals surface area contributed by atoms with Crippen LogP contribution in [0.3, 0.4) is 0 Å². The minimum Gasteiger partial charge on any atom is -0.469 e. The van der Waals surface area contributed by atoms with Gasteiger partial charge >= 0.3 is 5.97 Å². The summed E-state index contributed by atoms with van der Waals surface area (Å²) in [5, 5.41) is 0.715. The first-order chi connectivity index (χ1) is 9.10. The molecule has 1 aromatic heterocycles. The number of nitrogens with zero attached hydrogens (tertiary/aromatic N) is 2. The molecule has 19 heavy (non-hydrogen) atoms. The summed E-state index contributed by atoms with van der Waals surface area (Å²) in [5.74, 6) is -0.339. The van der Waals surface area contributed by atoms with Gasteiger partial charge in [-0.2, -0.15) is 0 Å². The van der Waals surface area contributed by atoms with E-state index in [0.717, 1.165) is 0 Å². The third kappa shape index (κ3) is 4.55. The Hall–Kier alpha value is -1.56. The van der Waals surface area contributed by atoms with Gasteiger partial charge in [0, 0.05) is 26.2 Å². The molecule has 0 aromatic carbocycles. The zero-order valence-electron chi connectivity index (χ0n) is 11.4. The standard InChI is InChI=1S/C13H18N2O3S/c1-15(9-5-7-11(16)18-2)13(17)10-6-4-8-14-12(10)19-3/h4,6,8H,5,7,9H2,1-3H3. The van der Waals surface area contributed by atoms with E-state index in [1.807, 2.05) is 6.26 Å². The molecule has 0 spiro atoms. The molecule has 0 unspecified atom stereocenters. The Balaban J connectivity index is 2.59. The molecule has 0 radical (unpaired) electrons. The zero-order valence-corrected chi connectivity index (χ0v) is 12.2. The molecule has 1 rings (SSSR count). The van der Waals surface area contributed by atoms with Gasteiger partial charge < -0.3 is 9.64 Å². The molecule has 1 amide bonds. The Labute approximate surface area is 117 Å². The number of amides is 1. The summed E-state index contributed by atoms with van der Waals surface area (Å²) in [6.45, 7) is 0.511. The Morgan fingerprint density at radius 2 is 2.21 bits per heavy atom. The largest absolute Gasteiger partial charge is 0.469 e. The number of rotatable bonds is 6. The van der Waals surface area contributed by atoms with E-state index in [1.54, 1.807) is 30.3 Å². The summed E-state index contributed by atoms with van der Waals surface area (Å²) in [6.07, 6.45) is 4.45. The number of ether oxygens (including phenoxy) is 1. The van der Waals surface area contributed by atoms with Crippen molar-refractivity contribution in [1.29, 1.82) is 0 Å². The predicted molar refractivity (Wildman–Crippen MR) is 74.2 cm³/mol. The molecule has 1 heterocycles. The number of aromatic nitrogens is 1. The minimum atomic E-state index is -0.257. The summed E-state index contributed by atoms with van der Waals surface area (Å²) in [4.78, 5) is 29.0. The highest BCUT2D eigenvalue weighted by atomic mass is 32.2. The highest BCUT2D eigenvalue weighted by molar-refractivity contribution is 7.98. The maximum atomic E-state index is 12.2. The molecule has 0 atom stereocenters. The highest BCUT2D eigenvalue weighted by Crippen LogP contribution is 2.18. The molecule has 0 aliphatic heterocycles. The Morgan fingerprint density at radius 3 is 2.84 bits per heavy atom. The molecule has 1 aromatic rings. The van der Waals surface area contributed by atoms with E-state index in [0.29, 0.717) is 30.0 Å². The Kier molecular flexibility index (Phi) is 6.35. The highest BCUT2D eigenvalue weighted by Gasteiger charge is 2.16. The van der Waals surface area contributed by atoms with E-state index < -0.39 is 0 Å². The fraction of sp³-hybridized carbons (Fsp3) is 0.462. The molecule has 0 fully saturated rings. The van der Waals surface area contributed by atoms with E-state index in [1.165, 1.54) is 18.9 Å². The molecule has 6 heteroatoms. The van der Waals surface area contributed by atoms with Gasteiger partial charge in [-0.3, -0.25) is 9.59 Å². The minimum absolute atomic E-state index is 0.0812. The van der Waals surface area contributed by atoms with Crippen molar-refractivity contribution in [1.82, 2.24) is 9.88 Å². The van der Waals surface area contributed by atoms with Crippen LogP contribution in [0, 0.1) is 0 Å². The number of esters is 1. The van der Waals surface area contributed by atoms with E-state index in [9.17, 15) is 9.59 Å². The third-order valence-corrected chi connectivity index (χ3v) is 3.36. The fourth-order valence-electron chi connectivity index (χ4n) is 1.59. The maximum Gasteiger partial charge on any atom is 0.305 e. The van der Waals surface area contributed by atoms with Crippen LogP contribution in [-0.4, -0.2) is 48.7 Å². The van der Waals surface area contributed by atoms with Crippen LogP contribution >= 0.6 is 11.8 Å². The van der Waals surface area contributed by atoms with Crippen molar-refractivity contribution in [2.75, 3.05) is 27.0 Å². The van der Waals surface area contributed by atoms with Crippen LogP contribution in [0.5, 0.6) is 0 Å². The van der Waals surface area contributed by atoms with Crippen LogP contribution < -0.4 is 0 Å². The van der Waals surface area contributed by atoms with E-state index in [4.69, 9.17) is 0 Å². The first-order valence-corrected chi connectivity index (χ1v) is 7.14. The van der Waals surface area contributed by atoms with Gasteiger partial charge in [0.05, 0.1) is 12.7 Å².